The van der Waals surface area contributed by atoms with Gasteiger partial charge in [0.05, 0.1) is 17.2 Å². The number of para-hydroxylation sites is 1. The van der Waals surface area contributed by atoms with Gasteiger partial charge in [0.15, 0.2) is 0 Å². The summed E-state index contributed by atoms with van der Waals surface area (Å²) in [7, 11) is 0. The maximum atomic E-state index is 10.8. The predicted octanol–water partition coefficient (Wildman–Crippen LogP) is 5.29. The van der Waals surface area contributed by atoms with Crippen LogP contribution in [0.4, 0.5) is 11.4 Å². The normalized spacial score (nSPS) is 12.4. The van der Waals surface area contributed by atoms with E-state index in [2.05, 4.69) is 46.8 Å². The Morgan fingerprint density at radius 3 is 2.29 bits per heavy atom. The van der Waals surface area contributed by atoms with Gasteiger partial charge in [0.2, 0.25) is 0 Å². The molecule has 1 heterocycles. The number of anilines is 1. The van der Waals surface area contributed by atoms with Gasteiger partial charge in [-0.3, -0.25) is 10.1 Å². The minimum absolute atomic E-state index is 0.115. The van der Waals surface area contributed by atoms with Crippen LogP contribution in [-0.4, -0.2) is 4.92 Å². The number of hydrogen-bond donors (Lipinski definition) is 0. The molecule has 0 N–H and O–H groups in total. The average Bonchev–Trinajstić information content (AvgIpc) is 2.62. The number of hydrogen-bond acceptors (Lipinski definition) is 4. The van der Waals surface area contributed by atoms with Crippen molar-refractivity contribution in [2.24, 2.45) is 0 Å². The SMILES string of the molecule is O=[N+]([O-])c1ccc(SN2Cc3ccccc3-c3ccccc32)cc1. The molecule has 0 unspecified atom stereocenters. The molecular formula is C19H14N2O2S. The lowest BCUT2D eigenvalue weighted by molar-refractivity contribution is -0.384. The van der Waals surface area contributed by atoms with E-state index in [1.807, 2.05) is 6.07 Å². The smallest absolute Gasteiger partial charge is 0.269 e. The highest BCUT2D eigenvalue weighted by atomic mass is 32.2. The van der Waals surface area contributed by atoms with Crippen LogP contribution in [0.25, 0.3) is 11.1 Å². The fourth-order valence-corrected chi connectivity index (χ4v) is 3.89. The Bertz CT molecular complexity index is 909. The first-order valence-corrected chi connectivity index (χ1v) is 8.37. The molecule has 24 heavy (non-hydrogen) atoms. The zero-order valence-electron chi connectivity index (χ0n) is 12.8. The molecule has 0 saturated carbocycles. The van der Waals surface area contributed by atoms with Crippen molar-refractivity contribution >= 4 is 23.3 Å². The molecule has 3 aromatic rings. The zero-order chi connectivity index (χ0) is 16.5. The van der Waals surface area contributed by atoms with Crippen molar-refractivity contribution in [2.75, 3.05) is 4.31 Å². The highest BCUT2D eigenvalue weighted by Gasteiger charge is 2.22. The molecule has 0 amide bonds. The van der Waals surface area contributed by atoms with Gasteiger partial charge in [-0.15, -0.1) is 0 Å². The lowest BCUT2D eigenvalue weighted by Gasteiger charge is -2.31. The molecule has 0 atom stereocenters. The molecule has 1 aliphatic heterocycles. The first-order valence-electron chi connectivity index (χ1n) is 7.59. The van der Waals surface area contributed by atoms with Crippen LogP contribution in [0.15, 0.2) is 77.7 Å². The first kappa shape index (κ1) is 14.8. The van der Waals surface area contributed by atoms with E-state index in [1.54, 1.807) is 36.2 Å². The molecule has 4 nitrogen and oxygen atoms in total. The number of benzene rings is 3. The molecule has 0 fully saturated rings. The van der Waals surface area contributed by atoms with Crippen LogP contribution < -0.4 is 4.31 Å². The van der Waals surface area contributed by atoms with Gasteiger partial charge in [-0.25, -0.2) is 0 Å². The highest BCUT2D eigenvalue weighted by Crippen LogP contribution is 2.43. The molecule has 0 saturated heterocycles. The molecule has 0 radical (unpaired) electrons. The van der Waals surface area contributed by atoms with E-state index in [4.69, 9.17) is 0 Å². The molecule has 0 bridgehead atoms. The van der Waals surface area contributed by atoms with Gasteiger partial charge in [0.1, 0.15) is 0 Å². The van der Waals surface area contributed by atoms with Crippen molar-refractivity contribution in [1.29, 1.82) is 0 Å². The Balaban J connectivity index is 1.68. The van der Waals surface area contributed by atoms with E-state index in [9.17, 15) is 10.1 Å². The number of fused-ring (bicyclic) bond motifs is 3. The molecule has 0 aliphatic carbocycles. The van der Waals surface area contributed by atoms with Gasteiger partial charge >= 0.3 is 0 Å². The van der Waals surface area contributed by atoms with Crippen LogP contribution in [0.3, 0.4) is 0 Å². The van der Waals surface area contributed by atoms with E-state index in [1.165, 1.54) is 22.4 Å². The maximum absolute atomic E-state index is 10.8. The van der Waals surface area contributed by atoms with Crippen LogP contribution in [0.2, 0.25) is 0 Å². The van der Waals surface area contributed by atoms with Crippen molar-refractivity contribution in [3.63, 3.8) is 0 Å². The third-order valence-corrected chi connectivity index (χ3v) is 5.09. The summed E-state index contributed by atoms with van der Waals surface area (Å²) in [5, 5.41) is 10.8. The molecule has 0 spiro atoms. The largest absolute Gasteiger partial charge is 0.307 e. The van der Waals surface area contributed by atoms with Gasteiger partial charge in [0.25, 0.3) is 5.69 Å². The average molecular weight is 334 g/mol. The summed E-state index contributed by atoms with van der Waals surface area (Å²) in [6.45, 7) is 0.800. The number of nitrogens with zero attached hydrogens (tertiary/aromatic N) is 2. The Hall–Kier alpha value is -2.79. The number of nitro benzene ring substituents is 1. The van der Waals surface area contributed by atoms with Crippen LogP contribution in [-0.2, 0) is 6.54 Å². The summed E-state index contributed by atoms with van der Waals surface area (Å²) >= 11 is 1.60. The predicted molar refractivity (Wildman–Crippen MR) is 97.0 cm³/mol. The van der Waals surface area contributed by atoms with Crippen LogP contribution >= 0.6 is 11.9 Å². The monoisotopic (exact) mass is 334 g/mol. The lowest BCUT2D eigenvalue weighted by atomic mass is 9.95. The molecule has 5 heteroatoms. The van der Waals surface area contributed by atoms with E-state index in [0.29, 0.717) is 0 Å². The molecule has 4 rings (SSSR count). The Kier molecular flexibility index (Phi) is 3.70. The summed E-state index contributed by atoms with van der Waals surface area (Å²) in [6.07, 6.45) is 0. The summed E-state index contributed by atoms with van der Waals surface area (Å²) in [5.41, 5.74) is 5.05. The van der Waals surface area contributed by atoms with Gasteiger partial charge in [-0.1, -0.05) is 42.5 Å². The maximum Gasteiger partial charge on any atom is 0.269 e. The molecule has 1 aliphatic rings. The number of rotatable bonds is 3. The van der Waals surface area contributed by atoms with Gasteiger partial charge in [-0.05, 0) is 41.3 Å². The van der Waals surface area contributed by atoms with E-state index in [-0.39, 0.29) is 10.6 Å². The molecular weight excluding hydrogens is 320 g/mol. The number of non-ortho nitro benzene ring substituents is 1. The summed E-state index contributed by atoms with van der Waals surface area (Å²) in [6, 6.07) is 23.5. The van der Waals surface area contributed by atoms with E-state index < -0.39 is 0 Å². The topological polar surface area (TPSA) is 46.4 Å². The quantitative estimate of drug-likeness (QED) is 0.371. The van der Waals surface area contributed by atoms with E-state index in [0.717, 1.165) is 11.4 Å². The standard InChI is InChI=1S/C19H14N2O2S/c22-21(23)15-9-11-16(12-10-15)24-20-13-14-5-1-2-6-17(14)18-7-3-4-8-19(18)20/h1-12H,13H2. The number of nitro groups is 1. The Labute approximate surface area is 144 Å². The fourth-order valence-electron chi connectivity index (χ4n) is 2.92. The minimum atomic E-state index is -0.374. The lowest BCUT2D eigenvalue weighted by Crippen LogP contribution is -2.19. The molecule has 3 aromatic carbocycles. The second kappa shape index (κ2) is 6.02. The third kappa shape index (κ3) is 2.63. The van der Waals surface area contributed by atoms with Gasteiger partial charge in [0, 0.05) is 22.6 Å². The Morgan fingerprint density at radius 1 is 0.875 bits per heavy atom. The summed E-state index contributed by atoms with van der Waals surface area (Å²) in [5.74, 6) is 0. The zero-order valence-corrected chi connectivity index (χ0v) is 13.6. The van der Waals surface area contributed by atoms with Gasteiger partial charge < -0.3 is 4.31 Å². The third-order valence-electron chi connectivity index (χ3n) is 4.06. The second-order valence-electron chi connectivity index (χ2n) is 5.55. The highest BCUT2D eigenvalue weighted by molar-refractivity contribution is 8.00. The Morgan fingerprint density at radius 2 is 1.54 bits per heavy atom. The van der Waals surface area contributed by atoms with E-state index >= 15 is 0 Å². The van der Waals surface area contributed by atoms with Crippen LogP contribution in [0.1, 0.15) is 5.56 Å². The van der Waals surface area contributed by atoms with Crippen molar-refractivity contribution in [2.45, 2.75) is 11.4 Å². The minimum Gasteiger partial charge on any atom is -0.307 e. The molecule has 118 valence electrons. The van der Waals surface area contributed by atoms with Crippen LogP contribution in [0, 0.1) is 10.1 Å². The second-order valence-corrected chi connectivity index (χ2v) is 6.65. The van der Waals surface area contributed by atoms with Gasteiger partial charge in [-0.2, -0.15) is 0 Å². The van der Waals surface area contributed by atoms with Crippen molar-refractivity contribution in [3.8, 4) is 11.1 Å². The van der Waals surface area contributed by atoms with Crippen molar-refractivity contribution in [1.82, 2.24) is 0 Å². The summed E-state index contributed by atoms with van der Waals surface area (Å²) in [4.78, 5) is 11.4. The van der Waals surface area contributed by atoms with Crippen LogP contribution in [0.5, 0.6) is 0 Å². The van der Waals surface area contributed by atoms with Crippen molar-refractivity contribution in [3.05, 3.63) is 88.5 Å². The fraction of sp³-hybridized carbons (Fsp3) is 0.0526. The molecule has 0 aromatic heterocycles. The summed E-state index contributed by atoms with van der Waals surface area (Å²) < 4.78 is 2.23. The van der Waals surface area contributed by atoms with Crippen molar-refractivity contribution < 1.29 is 4.92 Å². The first-order chi connectivity index (χ1) is 11.7.